The molecular formula is C26H28FNO5. The van der Waals surface area contributed by atoms with E-state index in [0.29, 0.717) is 30.7 Å². The number of halogens is 1. The lowest BCUT2D eigenvalue weighted by Crippen LogP contribution is -2.30. The molecule has 0 unspecified atom stereocenters. The Morgan fingerprint density at radius 1 is 0.970 bits per heavy atom. The van der Waals surface area contributed by atoms with Crippen LogP contribution in [0.25, 0.3) is 5.76 Å². The highest BCUT2D eigenvalue weighted by Crippen LogP contribution is 2.40. The van der Waals surface area contributed by atoms with Crippen molar-refractivity contribution in [3.05, 3.63) is 76.6 Å². The summed E-state index contributed by atoms with van der Waals surface area (Å²) >= 11 is 0. The van der Waals surface area contributed by atoms with Gasteiger partial charge in [0.05, 0.1) is 11.6 Å². The van der Waals surface area contributed by atoms with Gasteiger partial charge < -0.3 is 15.1 Å². The lowest BCUT2D eigenvalue weighted by molar-refractivity contribution is -0.140. The molecule has 2 aromatic carbocycles. The fraction of sp³-hybridized carbons (Fsp3) is 0.346. The van der Waals surface area contributed by atoms with Gasteiger partial charge >= 0.3 is 5.97 Å². The van der Waals surface area contributed by atoms with E-state index >= 15 is 0 Å². The lowest BCUT2D eigenvalue weighted by atomic mass is 9.93. The maximum atomic E-state index is 13.4. The molecule has 6 nitrogen and oxygen atoms in total. The van der Waals surface area contributed by atoms with Crippen LogP contribution in [0.4, 0.5) is 4.39 Å². The maximum Gasteiger partial charge on any atom is 0.303 e. The zero-order chi connectivity index (χ0) is 24.1. The van der Waals surface area contributed by atoms with Gasteiger partial charge in [0.15, 0.2) is 0 Å². The third kappa shape index (κ3) is 5.48. The Kier molecular flexibility index (Phi) is 7.63. The number of carbonyl (C=O) groups is 3. The number of carboxylic acid groups (broad SMARTS) is 1. The van der Waals surface area contributed by atoms with E-state index in [-0.39, 0.29) is 29.9 Å². The number of benzene rings is 2. The fourth-order valence-corrected chi connectivity index (χ4v) is 4.02. The van der Waals surface area contributed by atoms with Crippen LogP contribution < -0.4 is 0 Å². The van der Waals surface area contributed by atoms with Crippen molar-refractivity contribution < 1.29 is 29.0 Å². The molecule has 1 heterocycles. The molecule has 7 heteroatoms. The molecule has 1 atom stereocenters. The molecule has 0 spiro atoms. The Morgan fingerprint density at radius 2 is 1.61 bits per heavy atom. The molecule has 0 saturated carbocycles. The van der Waals surface area contributed by atoms with Crippen LogP contribution in [0, 0.1) is 5.82 Å². The molecule has 33 heavy (non-hydrogen) atoms. The molecule has 2 N–H and O–H groups in total. The zero-order valence-electron chi connectivity index (χ0n) is 18.8. The van der Waals surface area contributed by atoms with E-state index in [1.54, 1.807) is 0 Å². The van der Waals surface area contributed by atoms with E-state index in [1.165, 1.54) is 29.2 Å². The van der Waals surface area contributed by atoms with Gasteiger partial charge in [0.2, 0.25) is 0 Å². The predicted molar refractivity (Wildman–Crippen MR) is 122 cm³/mol. The number of aliphatic carboxylic acids is 1. The quantitative estimate of drug-likeness (QED) is 0.241. The molecular weight excluding hydrogens is 425 g/mol. The predicted octanol–water partition coefficient (Wildman–Crippen LogP) is 5.02. The second kappa shape index (κ2) is 10.4. The van der Waals surface area contributed by atoms with Gasteiger partial charge in [0.1, 0.15) is 11.6 Å². The highest BCUT2D eigenvalue weighted by molar-refractivity contribution is 6.46. The number of amides is 1. The summed E-state index contributed by atoms with van der Waals surface area (Å²) in [6, 6.07) is 11.9. The minimum atomic E-state index is -0.875. The van der Waals surface area contributed by atoms with Crippen molar-refractivity contribution >= 4 is 23.4 Å². The molecule has 0 aromatic heterocycles. The third-order valence-corrected chi connectivity index (χ3v) is 5.87. The van der Waals surface area contributed by atoms with Crippen molar-refractivity contribution in [3.63, 3.8) is 0 Å². The number of hydrogen-bond donors (Lipinski definition) is 2. The number of carbonyl (C=O) groups excluding carboxylic acids is 2. The van der Waals surface area contributed by atoms with E-state index in [1.807, 2.05) is 24.3 Å². The van der Waals surface area contributed by atoms with Crippen molar-refractivity contribution in [2.24, 2.45) is 0 Å². The van der Waals surface area contributed by atoms with Gasteiger partial charge in [-0.3, -0.25) is 14.4 Å². The first-order valence-corrected chi connectivity index (χ1v) is 11.1. The molecule has 0 aliphatic carbocycles. The standard InChI is InChI=1S/C26H28FNO5/c1-16(2)17-7-9-18(10-8-17)23-22(24(31)19-11-13-20(27)14-12-19)25(32)26(33)28(23)15-5-3-4-6-21(29)30/h7-14,16,23,31H,3-6,15H2,1-2H3,(H,29,30)/t23-/m1/s1. The van der Waals surface area contributed by atoms with E-state index in [4.69, 9.17) is 5.11 Å². The molecule has 1 amide bonds. The second-order valence-electron chi connectivity index (χ2n) is 8.53. The maximum absolute atomic E-state index is 13.4. The number of aliphatic hydroxyl groups excluding tert-OH is 1. The van der Waals surface area contributed by atoms with Crippen LogP contribution in [-0.2, 0) is 14.4 Å². The van der Waals surface area contributed by atoms with Crippen molar-refractivity contribution in [3.8, 4) is 0 Å². The Hall–Kier alpha value is -3.48. The normalized spacial score (nSPS) is 17.7. The Morgan fingerprint density at radius 3 is 2.18 bits per heavy atom. The van der Waals surface area contributed by atoms with Gasteiger partial charge in [-0.15, -0.1) is 0 Å². The van der Waals surface area contributed by atoms with E-state index in [0.717, 1.165) is 5.56 Å². The van der Waals surface area contributed by atoms with Gasteiger partial charge in [0.25, 0.3) is 11.7 Å². The summed E-state index contributed by atoms with van der Waals surface area (Å²) in [5, 5.41) is 19.8. The summed E-state index contributed by atoms with van der Waals surface area (Å²) in [4.78, 5) is 38.1. The number of nitrogens with zero attached hydrogens (tertiary/aromatic N) is 1. The highest BCUT2D eigenvalue weighted by atomic mass is 19.1. The van der Waals surface area contributed by atoms with E-state index < -0.39 is 29.5 Å². The zero-order valence-corrected chi connectivity index (χ0v) is 18.8. The van der Waals surface area contributed by atoms with Gasteiger partial charge in [-0.25, -0.2) is 4.39 Å². The highest BCUT2D eigenvalue weighted by Gasteiger charge is 2.45. The van der Waals surface area contributed by atoms with Crippen LogP contribution in [0.2, 0.25) is 0 Å². The van der Waals surface area contributed by atoms with Gasteiger partial charge in [-0.2, -0.15) is 0 Å². The Balaban J connectivity index is 1.98. The molecule has 1 saturated heterocycles. The molecule has 1 aliphatic rings. The van der Waals surface area contributed by atoms with E-state index in [9.17, 15) is 23.9 Å². The third-order valence-electron chi connectivity index (χ3n) is 5.87. The van der Waals surface area contributed by atoms with Gasteiger partial charge in [-0.05, 0) is 54.2 Å². The number of carboxylic acids is 1. The first-order chi connectivity index (χ1) is 15.7. The summed E-state index contributed by atoms with van der Waals surface area (Å²) in [5.41, 5.74) is 2.00. The van der Waals surface area contributed by atoms with Gasteiger partial charge in [0, 0.05) is 18.5 Å². The molecule has 0 bridgehead atoms. The number of aliphatic hydroxyl groups is 1. The topological polar surface area (TPSA) is 94.9 Å². The monoisotopic (exact) mass is 453 g/mol. The number of Topliss-reactive ketones (excluding diaryl/α,β-unsaturated/α-hetero) is 1. The number of hydrogen-bond acceptors (Lipinski definition) is 4. The fourth-order valence-electron chi connectivity index (χ4n) is 4.02. The average molecular weight is 454 g/mol. The van der Waals surface area contributed by atoms with Crippen LogP contribution in [0.5, 0.6) is 0 Å². The van der Waals surface area contributed by atoms with Crippen LogP contribution in [0.15, 0.2) is 54.1 Å². The van der Waals surface area contributed by atoms with Crippen molar-refractivity contribution in [1.29, 1.82) is 0 Å². The number of likely N-dealkylation sites (tertiary alicyclic amines) is 1. The van der Waals surface area contributed by atoms with Gasteiger partial charge in [-0.1, -0.05) is 44.5 Å². The van der Waals surface area contributed by atoms with Crippen LogP contribution in [-0.4, -0.2) is 39.3 Å². The molecule has 3 rings (SSSR count). The average Bonchev–Trinajstić information content (AvgIpc) is 3.03. The summed E-state index contributed by atoms with van der Waals surface area (Å²) in [5.74, 6) is -2.90. The summed E-state index contributed by atoms with van der Waals surface area (Å²) < 4.78 is 13.4. The van der Waals surface area contributed by atoms with Crippen molar-refractivity contribution in [1.82, 2.24) is 4.90 Å². The van der Waals surface area contributed by atoms with Crippen molar-refractivity contribution in [2.75, 3.05) is 6.54 Å². The number of rotatable bonds is 9. The Bertz CT molecular complexity index is 1060. The smallest absolute Gasteiger partial charge is 0.303 e. The molecule has 1 aliphatic heterocycles. The summed E-state index contributed by atoms with van der Waals surface area (Å²) in [7, 11) is 0. The second-order valence-corrected chi connectivity index (χ2v) is 8.53. The van der Waals surface area contributed by atoms with Crippen LogP contribution in [0.1, 0.15) is 68.2 Å². The molecule has 174 valence electrons. The first-order valence-electron chi connectivity index (χ1n) is 11.1. The summed E-state index contributed by atoms with van der Waals surface area (Å²) in [6.07, 6.45) is 1.63. The molecule has 1 fully saturated rings. The molecule has 0 radical (unpaired) electrons. The number of ketones is 1. The summed E-state index contributed by atoms with van der Waals surface area (Å²) in [6.45, 7) is 4.38. The minimum Gasteiger partial charge on any atom is -0.507 e. The van der Waals surface area contributed by atoms with E-state index in [2.05, 4.69) is 13.8 Å². The van der Waals surface area contributed by atoms with Crippen LogP contribution >= 0.6 is 0 Å². The molecule has 2 aromatic rings. The minimum absolute atomic E-state index is 0.0329. The largest absolute Gasteiger partial charge is 0.507 e. The Labute approximate surface area is 192 Å². The SMILES string of the molecule is CC(C)c1ccc([C@@H]2C(=C(O)c3ccc(F)cc3)C(=O)C(=O)N2CCCCCC(=O)O)cc1. The lowest BCUT2D eigenvalue weighted by Gasteiger charge is -2.25. The van der Waals surface area contributed by atoms with Crippen molar-refractivity contribution in [2.45, 2.75) is 51.5 Å². The number of unbranched alkanes of at least 4 members (excludes halogenated alkanes) is 2. The first kappa shape index (κ1) is 24.2. The van der Waals surface area contributed by atoms with Crippen LogP contribution in [0.3, 0.4) is 0 Å².